The Kier molecular flexibility index (Phi) is 24.5. The Morgan fingerprint density at radius 3 is 1.49 bits per heavy atom. The van der Waals surface area contributed by atoms with E-state index in [-0.39, 0.29) is 17.9 Å². The van der Waals surface area contributed by atoms with Crippen LogP contribution in [0.25, 0.3) is 10.9 Å². The lowest BCUT2D eigenvalue weighted by atomic mass is 8.28. The number of hydrogen-bond donors (Lipinski definition) is 1. The maximum absolute atomic E-state index is 13.9. The van der Waals surface area contributed by atoms with Gasteiger partial charge in [0.1, 0.15) is 11.6 Å². The maximum Gasteiger partial charge on any atom is 0.161 e. The summed E-state index contributed by atoms with van der Waals surface area (Å²) in [7, 11) is 129. The first-order valence-corrected chi connectivity index (χ1v) is 24.8. The molecule has 1 N–H and O–H groups in total. The first-order chi connectivity index (χ1) is 34.9. The van der Waals surface area contributed by atoms with Gasteiger partial charge in [-0.25, -0.2) is 4.39 Å². The molecular weight excluding hydrogens is 865 g/mol. The van der Waals surface area contributed by atoms with E-state index in [1.165, 1.54) is 34.8 Å². The molecule has 2 unspecified atom stereocenters. The summed E-state index contributed by atoms with van der Waals surface area (Å²) in [5.41, 5.74) is 7.21. The summed E-state index contributed by atoms with van der Waals surface area (Å²) >= 11 is 0. The summed E-state index contributed by atoms with van der Waals surface area (Å²) in [6.07, 6.45) is -17.9. The minimum atomic E-state index is -1.19. The molecule has 0 fully saturated rings. The van der Waals surface area contributed by atoms with Crippen molar-refractivity contribution in [3.63, 3.8) is 0 Å². The number of nitrogens with zero attached hydrogens (tertiary/aromatic N) is 1. The van der Waals surface area contributed by atoms with Gasteiger partial charge >= 0.3 is 0 Å². The summed E-state index contributed by atoms with van der Waals surface area (Å²) in [5, 5.41) is 1.18. The molecule has 6 rings (SSSR count). The van der Waals surface area contributed by atoms with E-state index in [9.17, 15) is 4.39 Å². The quantitative estimate of drug-likeness (QED) is 0.0754. The Labute approximate surface area is 477 Å². The van der Waals surface area contributed by atoms with Crippen molar-refractivity contribution in [2.45, 2.75) is 31.8 Å². The van der Waals surface area contributed by atoms with E-state index in [1.54, 1.807) is 26.4 Å². The third kappa shape index (κ3) is 14.3. The number of halogens is 1. The van der Waals surface area contributed by atoms with Gasteiger partial charge in [0.15, 0.2) is 11.5 Å². The number of methoxy groups -OCH3 is 2. The molecule has 0 spiro atoms. The highest BCUT2D eigenvalue weighted by molar-refractivity contribution is 8.31. The fraction of sp³-hybridized carbons (Fsp3) is 0.310. The molecule has 74 heavy (non-hydrogen) atoms. The Morgan fingerprint density at radius 2 is 1.07 bits per heavy atom. The van der Waals surface area contributed by atoms with Gasteiger partial charge in [0.25, 0.3) is 0 Å². The van der Waals surface area contributed by atoms with Gasteiger partial charge in [0, 0.05) is 306 Å². The van der Waals surface area contributed by atoms with Crippen molar-refractivity contribution in [3.8, 4) is 17.2 Å². The Hall–Kier alpha value is -0.978. The number of ether oxygens (including phenoxy) is 3. The molecule has 3 heterocycles. The first-order valence-electron chi connectivity index (χ1n) is 24.8. The number of aromatic amines is 1. The van der Waals surface area contributed by atoms with Crippen molar-refractivity contribution in [2.24, 2.45) is 0 Å². The average molecular weight is 894 g/mol. The van der Waals surface area contributed by atoms with E-state index >= 15 is 0 Å². The summed E-state index contributed by atoms with van der Waals surface area (Å²) < 4.78 is 31.0. The Balaban J connectivity index is 0.000000274. The molecule has 0 amide bonds. The lowest BCUT2D eigenvalue weighted by molar-refractivity contribution is 0.127. The standard InChI is InChI=1S/C29H29FN2O3.B39/c1-4-35-27-16-21-18(13-26(27)34-3)11-12-32-25(21)15-23-22-14-20(33-2)9-10-24(22)31-28(23)29(32)17-5-7-19(30)8-6-17;1-21-31(20)36(30(18)19)39(37(32(22(2)3)23(4)5)33(24(6)7)25(8)9)38(34(26(10)11)27(12)13)35(28(14)15)29(16)17/h5-10,13-14,16,25,29,31H,4,11-12,15H2,1-3H3;. The molecule has 0 saturated carbocycles. The highest BCUT2D eigenvalue weighted by atomic mass is 19.1. The van der Waals surface area contributed by atoms with Gasteiger partial charge in [-0.15, -0.1) is 0 Å². The van der Waals surface area contributed by atoms with Crippen molar-refractivity contribution >= 4 is 288 Å². The fourth-order valence-electron chi connectivity index (χ4n) is 12.2. The molecule has 0 saturated heterocycles. The number of nitrogens with one attached hydrogen (secondary N) is 1. The molecule has 1 aromatic heterocycles. The third-order valence-corrected chi connectivity index (χ3v) is 15.2. The van der Waals surface area contributed by atoms with Crippen LogP contribution in [0.1, 0.15) is 47.0 Å². The normalized spacial score (nSPS) is 14.1. The van der Waals surface area contributed by atoms with Gasteiger partial charge in [-0.3, -0.25) is 4.90 Å². The van der Waals surface area contributed by atoms with E-state index in [4.69, 9.17) is 169 Å². The molecule has 297 valence electrons. The molecule has 4 aromatic rings. The van der Waals surface area contributed by atoms with Crippen molar-refractivity contribution < 1.29 is 18.6 Å². The van der Waals surface area contributed by atoms with Crippen LogP contribution in [0.4, 0.5) is 4.39 Å². The number of aromatic nitrogens is 1. The molecule has 41 radical (unpaired) electrons. The molecule has 5 nitrogen and oxygen atoms in total. The zero-order valence-electron chi connectivity index (χ0n) is 42.7. The minimum absolute atomic E-state index is 0.00598. The number of H-pyrrole nitrogens is 1. The summed E-state index contributed by atoms with van der Waals surface area (Å²) in [6, 6.07) is 17.6. The lowest BCUT2D eigenvalue weighted by Crippen LogP contribution is -2.92. The van der Waals surface area contributed by atoms with Crippen LogP contribution < -0.4 is 14.2 Å². The predicted molar refractivity (Wildman–Crippen MR) is 359 cm³/mol. The number of fused-ring (bicyclic) bond motifs is 6. The summed E-state index contributed by atoms with van der Waals surface area (Å²) in [5.74, 6) is 2.18. The molecule has 3 aromatic carbocycles. The van der Waals surface area contributed by atoms with Crippen LogP contribution in [-0.4, -0.2) is 314 Å². The van der Waals surface area contributed by atoms with E-state index in [1.807, 2.05) is 25.1 Å². The second kappa shape index (κ2) is 28.4. The van der Waals surface area contributed by atoms with Crippen LogP contribution in [-0.2, 0) is 12.8 Å². The van der Waals surface area contributed by atoms with E-state index in [0.717, 1.165) is 47.7 Å². The van der Waals surface area contributed by atoms with Crippen LogP contribution in [0.15, 0.2) is 54.6 Å². The topological polar surface area (TPSA) is 46.7 Å². The van der Waals surface area contributed by atoms with Gasteiger partial charge in [0.05, 0.1) is 26.9 Å². The third-order valence-electron chi connectivity index (χ3n) is 15.2. The maximum atomic E-state index is 13.9. The largest absolute Gasteiger partial charge is 0.497 e. The van der Waals surface area contributed by atoms with Gasteiger partial charge in [-0.2, -0.15) is 0 Å². The molecule has 2 aliphatic rings. The average Bonchev–Trinajstić information content (AvgIpc) is 3.68. The van der Waals surface area contributed by atoms with Crippen molar-refractivity contribution in [1.82, 2.24) is 9.88 Å². The number of rotatable bonds is 23. The first kappa shape index (κ1) is 63.8. The van der Waals surface area contributed by atoms with E-state index < -0.39 is 115 Å². The summed E-state index contributed by atoms with van der Waals surface area (Å²) in [4.78, 5) is 6.25. The monoisotopic (exact) mass is 902 g/mol. The van der Waals surface area contributed by atoms with Crippen LogP contribution in [0.3, 0.4) is 0 Å². The lowest BCUT2D eigenvalue weighted by Gasteiger charge is -2.54. The minimum Gasteiger partial charge on any atom is -0.497 e. The van der Waals surface area contributed by atoms with Crippen molar-refractivity contribution in [1.29, 1.82) is 0 Å². The molecule has 45 heteroatoms. The molecule has 2 aliphatic heterocycles. The number of hydrogen-bond acceptors (Lipinski definition) is 4. The van der Waals surface area contributed by atoms with E-state index in [0.29, 0.717) is 6.61 Å². The van der Waals surface area contributed by atoms with Gasteiger partial charge in [-0.05, 0) is 84.5 Å². The second-order valence-corrected chi connectivity index (χ2v) is 19.8. The molecular formula is C29H29B39FN2O3. The second-order valence-electron chi connectivity index (χ2n) is 19.8. The fourth-order valence-corrected chi connectivity index (χ4v) is 12.2. The van der Waals surface area contributed by atoms with Gasteiger partial charge in [0.2, 0.25) is 0 Å². The Bertz CT molecular complexity index is 2270. The zero-order chi connectivity index (χ0) is 55.2. The van der Waals surface area contributed by atoms with Gasteiger partial charge < -0.3 is 19.2 Å². The highest BCUT2D eigenvalue weighted by Crippen LogP contribution is 2.50. The predicted octanol–water partition coefficient (Wildman–Crippen LogP) is -8.88. The molecule has 2 atom stereocenters. The van der Waals surface area contributed by atoms with Crippen LogP contribution >= 0.6 is 0 Å². The zero-order valence-corrected chi connectivity index (χ0v) is 42.7. The van der Waals surface area contributed by atoms with Crippen LogP contribution in [0, 0.1) is 5.82 Å². The number of benzene rings is 3. The summed E-state index contributed by atoms with van der Waals surface area (Å²) in [6.45, 7) is 3.46. The highest BCUT2D eigenvalue weighted by Gasteiger charge is 2.56. The molecule has 0 aliphatic carbocycles. The van der Waals surface area contributed by atoms with Crippen LogP contribution in [0.5, 0.6) is 17.2 Å². The molecule has 0 bridgehead atoms. The van der Waals surface area contributed by atoms with Crippen molar-refractivity contribution in [3.05, 3.63) is 88.4 Å². The SMILES string of the molecule is CCOc1cc2c(cc1OC)CCN1C2Cc2c([nH]c3ccc(OC)cc23)C1c1ccc(F)cc1.[B][B]B([B])B(B([B])[B])B(B(B(B([B])[B])B([B])[B])B(B([B])[B])B([B])[B])B(B(B([B])[B])B([B])[B])B(B([B])[B])B([B])[B]. The van der Waals surface area contributed by atoms with Gasteiger partial charge in [-0.1, -0.05) is 12.1 Å². The van der Waals surface area contributed by atoms with Crippen LogP contribution in [0.2, 0.25) is 0 Å². The van der Waals surface area contributed by atoms with Crippen molar-refractivity contribution in [2.75, 3.05) is 27.4 Å². The van der Waals surface area contributed by atoms with E-state index in [2.05, 4.69) is 34.1 Å². The smallest absolute Gasteiger partial charge is 0.161 e. The Morgan fingerprint density at radius 1 is 0.595 bits per heavy atom.